The van der Waals surface area contributed by atoms with Gasteiger partial charge in [-0.2, -0.15) is 0 Å². The van der Waals surface area contributed by atoms with E-state index in [2.05, 4.69) is 0 Å². The first-order valence-electron chi connectivity index (χ1n) is 4.85. The fourth-order valence-corrected chi connectivity index (χ4v) is 1.51. The summed E-state index contributed by atoms with van der Waals surface area (Å²) in [6.07, 6.45) is -0.204. The van der Waals surface area contributed by atoms with Gasteiger partial charge in [0.1, 0.15) is 5.75 Å². The van der Waals surface area contributed by atoms with Crippen LogP contribution in [0.1, 0.15) is 23.7 Å². The average Bonchev–Trinajstić information content (AvgIpc) is 2.25. The van der Waals surface area contributed by atoms with Crippen molar-refractivity contribution in [3.63, 3.8) is 0 Å². The predicted molar refractivity (Wildman–Crippen MR) is 59.7 cm³/mol. The number of hydrogen-bond donors (Lipinski definition) is 3. The summed E-state index contributed by atoms with van der Waals surface area (Å²) in [5.41, 5.74) is 0.863. The largest absolute Gasteiger partial charge is 0.508 e. The molecule has 0 saturated heterocycles. The Kier molecular flexibility index (Phi) is 4.58. The van der Waals surface area contributed by atoms with Crippen LogP contribution in [-0.2, 0) is 11.2 Å². The second-order valence-corrected chi connectivity index (χ2v) is 3.80. The summed E-state index contributed by atoms with van der Waals surface area (Å²) in [6.45, 7) is 0. The van der Waals surface area contributed by atoms with E-state index in [9.17, 15) is 15.0 Å². The zero-order valence-corrected chi connectivity index (χ0v) is 9.31. The van der Waals surface area contributed by atoms with Crippen LogP contribution in [0.3, 0.4) is 0 Å². The lowest BCUT2D eigenvalue weighted by atomic mass is 10.0. The van der Waals surface area contributed by atoms with Gasteiger partial charge in [0.2, 0.25) is 0 Å². The number of carboxylic acid groups (broad SMARTS) is 1. The van der Waals surface area contributed by atoms with Gasteiger partial charge in [-0.3, -0.25) is 0 Å². The highest BCUT2D eigenvalue weighted by Gasteiger charge is 2.19. The molecule has 3 N–H and O–H groups in total. The monoisotopic (exact) mass is 244 g/mol. The highest BCUT2D eigenvalue weighted by Crippen LogP contribution is 2.26. The number of rotatable bonds is 5. The van der Waals surface area contributed by atoms with Crippen LogP contribution in [0.15, 0.2) is 18.2 Å². The number of carboxylic acids is 1. The number of alkyl halides is 1. The molecule has 0 aliphatic carbocycles. The molecule has 0 fully saturated rings. The van der Waals surface area contributed by atoms with Crippen LogP contribution < -0.4 is 0 Å². The second kappa shape index (κ2) is 5.72. The fraction of sp³-hybridized carbons (Fsp3) is 0.364. The van der Waals surface area contributed by atoms with E-state index in [1.807, 2.05) is 0 Å². The summed E-state index contributed by atoms with van der Waals surface area (Å²) < 4.78 is 0. The molecule has 4 nitrogen and oxygen atoms in total. The van der Waals surface area contributed by atoms with Gasteiger partial charge in [0.25, 0.3) is 0 Å². The summed E-state index contributed by atoms with van der Waals surface area (Å²) in [6, 6.07) is 4.54. The van der Waals surface area contributed by atoms with E-state index >= 15 is 0 Å². The van der Waals surface area contributed by atoms with Crippen LogP contribution in [0.25, 0.3) is 0 Å². The Hall–Kier alpha value is -1.26. The number of carbonyl (C=O) groups is 1. The van der Waals surface area contributed by atoms with Gasteiger partial charge in [-0.1, -0.05) is 12.1 Å². The van der Waals surface area contributed by atoms with Gasteiger partial charge < -0.3 is 15.3 Å². The lowest BCUT2D eigenvalue weighted by molar-refractivity contribution is -0.147. The molecule has 0 aromatic heterocycles. The van der Waals surface area contributed by atoms with E-state index in [1.54, 1.807) is 6.07 Å². The molecule has 0 spiro atoms. The molecule has 0 heterocycles. The number of hydrogen-bond acceptors (Lipinski definition) is 3. The van der Waals surface area contributed by atoms with Crippen LogP contribution in [0.5, 0.6) is 5.75 Å². The Morgan fingerprint density at radius 1 is 1.44 bits per heavy atom. The fourth-order valence-electron chi connectivity index (χ4n) is 1.38. The van der Waals surface area contributed by atoms with E-state index in [0.29, 0.717) is 12.3 Å². The number of aliphatic hydroxyl groups is 1. The first-order chi connectivity index (χ1) is 7.56. The standard InChI is InChI=1S/C11H13ClO4/c12-5-1-2-7-3-4-8(9(13)6-7)10(14)11(15)16/h3-4,6,10,13-14H,1-2,5H2,(H,15,16). The van der Waals surface area contributed by atoms with E-state index in [-0.39, 0.29) is 11.3 Å². The topological polar surface area (TPSA) is 77.8 Å². The highest BCUT2D eigenvalue weighted by atomic mass is 35.5. The van der Waals surface area contributed by atoms with Crippen LogP contribution in [0, 0.1) is 0 Å². The van der Waals surface area contributed by atoms with Crippen molar-refractivity contribution in [2.24, 2.45) is 0 Å². The molecule has 0 amide bonds. The van der Waals surface area contributed by atoms with E-state index in [1.165, 1.54) is 12.1 Å². The van der Waals surface area contributed by atoms with Crippen molar-refractivity contribution in [1.29, 1.82) is 0 Å². The Bertz CT molecular complexity index is 378. The SMILES string of the molecule is O=C(O)C(O)c1ccc(CCCCl)cc1O. The summed E-state index contributed by atoms with van der Waals surface area (Å²) in [4.78, 5) is 10.5. The predicted octanol–water partition coefficient (Wildman–Crippen LogP) is 1.68. The van der Waals surface area contributed by atoms with Crippen LogP contribution in [0.2, 0.25) is 0 Å². The van der Waals surface area contributed by atoms with Crippen LogP contribution >= 0.6 is 11.6 Å². The third kappa shape index (κ3) is 3.12. The molecule has 16 heavy (non-hydrogen) atoms. The van der Waals surface area contributed by atoms with Gasteiger partial charge in [-0.25, -0.2) is 4.79 Å². The Morgan fingerprint density at radius 2 is 2.12 bits per heavy atom. The van der Waals surface area contributed by atoms with Gasteiger partial charge in [-0.15, -0.1) is 11.6 Å². The molecule has 5 heteroatoms. The molecular weight excluding hydrogens is 232 g/mol. The van der Waals surface area contributed by atoms with Gasteiger partial charge in [0, 0.05) is 11.4 Å². The third-order valence-electron chi connectivity index (χ3n) is 2.22. The lowest BCUT2D eigenvalue weighted by Gasteiger charge is -2.09. The normalized spacial score (nSPS) is 12.4. The summed E-state index contributed by atoms with van der Waals surface area (Å²) in [5.74, 6) is -1.06. The summed E-state index contributed by atoms with van der Waals surface area (Å²) in [7, 11) is 0. The molecule has 0 bridgehead atoms. The second-order valence-electron chi connectivity index (χ2n) is 3.43. The first-order valence-corrected chi connectivity index (χ1v) is 5.38. The first kappa shape index (κ1) is 12.8. The molecule has 0 radical (unpaired) electrons. The molecule has 0 aliphatic heterocycles. The van der Waals surface area contributed by atoms with Gasteiger partial charge >= 0.3 is 5.97 Å². The minimum atomic E-state index is -1.69. The molecule has 0 aliphatic rings. The molecule has 1 rings (SSSR count). The maximum absolute atomic E-state index is 10.5. The molecule has 1 aromatic carbocycles. The quantitative estimate of drug-likeness (QED) is 0.689. The number of phenolic OH excluding ortho intramolecular Hbond substituents is 1. The van der Waals surface area contributed by atoms with Crippen molar-refractivity contribution in [3.05, 3.63) is 29.3 Å². The zero-order valence-electron chi connectivity index (χ0n) is 8.56. The number of phenols is 1. The van der Waals surface area contributed by atoms with E-state index in [4.69, 9.17) is 16.7 Å². The number of aryl methyl sites for hydroxylation is 1. The average molecular weight is 245 g/mol. The van der Waals surface area contributed by atoms with Crippen molar-refractivity contribution >= 4 is 17.6 Å². The van der Waals surface area contributed by atoms with Crippen molar-refractivity contribution < 1.29 is 20.1 Å². The summed E-state index contributed by atoms with van der Waals surface area (Å²) in [5, 5.41) is 27.4. The highest BCUT2D eigenvalue weighted by molar-refractivity contribution is 6.17. The molecule has 1 unspecified atom stereocenters. The molecule has 1 aromatic rings. The Balaban J connectivity index is 2.87. The van der Waals surface area contributed by atoms with Crippen molar-refractivity contribution in [1.82, 2.24) is 0 Å². The zero-order chi connectivity index (χ0) is 12.1. The van der Waals surface area contributed by atoms with E-state index in [0.717, 1.165) is 12.0 Å². The smallest absolute Gasteiger partial charge is 0.337 e. The van der Waals surface area contributed by atoms with Crippen LogP contribution in [0.4, 0.5) is 0 Å². The Morgan fingerprint density at radius 3 is 2.62 bits per heavy atom. The number of benzene rings is 1. The molecule has 0 saturated carbocycles. The maximum atomic E-state index is 10.5. The van der Waals surface area contributed by atoms with Crippen LogP contribution in [-0.4, -0.2) is 27.2 Å². The number of aliphatic carboxylic acids is 1. The van der Waals surface area contributed by atoms with Crippen molar-refractivity contribution in [3.8, 4) is 5.75 Å². The number of aromatic hydroxyl groups is 1. The summed E-state index contributed by atoms with van der Waals surface area (Å²) >= 11 is 5.53. The lowest BCUT2D eigenvalue weighted by Crippen LogP contribution is -2.10. The minimum Gasteiger partial charge on any atom is -0.508 e. The van der Waals surface area contributed by atoms with Gasteiger partial charge in [0.15, 0.2) is 6.10 Å². The minimum absolute atomic E-state index is 0.00197. The number of aliphatic hydroxyl groups excluding tert-OH is 1. The molecule has 88 valence electrons. The molecule has 1 atom stereocenters. The third-order valence-corrected chi connectivity index (χ3v) is 2.49. The van der Waals surface area contributed by atoms with Gasteiger partial charge in [-0.05, 0) is 24.5 Å². The van der Waals surface area contributed by atoms with E-state index < -0.39 is 12.1 Å². The molecular formula is C11H13ClO4. The van der Waals surface area contributed by atoms with Gasteiger partial charge in [0.05, 0.1) is 0 Å². The maximum Gasteiger partial charge on any atom is 0.337 e. The van der Waals surface area contributed by atoms with Crippen molar-refractivity contribution in [2.75, 3.05) is 5.88 Å². The Labute approximate surface area is 98.1 Å². The number of halogens is 1. The van der Waals surface area contributed by atoms with Crippen molar-refractivity contribution in [2.45, 2.75) is 18.9 Å².